The number of benzene rings is 1. The standard InChI is InChI=1S/C14H19ClN4/c1-10-7-14(9-18(10)2)8-17-13(16)19(14)12-5-3-11(15)4-6-12/h3-6,10H,7-9H2,1-2H3,(H2,16,17). The molecule has 1 spiro atoms. The van der Waals surface area contributed by atoms with Gasteiger partial charge in [0.2, 0.25) is 0 Å². The maximum absolute atomic E-state index is 6.12. The van der Waals surface area contributed by atoms with Crippen LogP contribution in [0.4, 0.5) is 5.69 Å². The lowest BCUT2D eigenvalue weighted by Crippen LogP contribution is -2.53. The van der Waals surface area contributed by atoms with Gasteiger partial charge in [-0.05, 0) is 44.7 Å². The van der Waals surface area contributed by atoms with E-state index in [0.29, 0.717) is 12.0 Å². The van der Waals surface area contributed by atoms with Crippen LogP contribution in [0.15, 0.2) is 29.3 Å². The molecular formula is C14H19ClN4. The molecule has 2 aliphatic rings. The summed E-state index contributed by atoms with van der Waals surface area (Å²) >= 11 is 5.96. The molecule has 5 heteroatoms. The summed E-state index contributed by atoms with van der Waals surface area (Å²) in [7, 11) is 2.16. The van der Waals surface area contributed by atoms with Gasteiger partial charge in [0.05, 0.1) is 12.1 Å². The number of hydrogen-bond donors (Lipinski definition) is 1. The van der Waals surface area contributed by atoms with E-state index in [2.05, 4.69) is 28.8 Å². The second-order valence-electron chi connectivity index (χ2n) is 5.68. The van der Waals surface area contributed by atoms with Crippen LogP contribution in [0.2, 0.25) is 5.02 Å². The molecule has 0 aliphatic carbocycles. The molecule has 2 atom stereocenters. The predicted molar refractivity (Wildman–Crippen MR) is 79.9 cm³/mol. The van der Waals surface area contributed by atoms with Crippen LogP contribution >= 0.6 is 11.6 Å². The minimum atomic E-state index is 0.00603. The van der Waals surface area contributed by atoms with E-state index < -0.39 is 0 Å². The quantitative estimate of drug-likeness (QED) is 0.854. The molecule has 102 valence electrons. The minimum absolute atomic E-state index is 0.00603. The number of likely N-dealkylation sites (N-methyl/N-ethyl adjacent to an activating group) is 1. The molecule has 19 heavy (non-hydrogen) atoms. The van der Waals surface area contributed by atoms with E-state index in [9.17, 15) is 0 Å². The molecule has 2 aliphatic heterocycles. The third-order valence-corrected chi connectivity index (χ3v) is 4.55. The minimum Gasteiger partial charge on any atom is -0.369 e. The van der Waals surface area contributed by atoms with Gasteiger partial charge >= 0.3 is 0 Å². The molecule has 2 unspecified atom stereocenters. The van der Waals surface area contributed by atoms with Crippen molar-refractivity contribution in [3.8, 4) is 0 Å². The first-order chi connectivity index (χ1) is 9.02. The number of guanidine groups is 1. The highest BCUT2D eigenvalue weighted by Gasteiger charge is 2.49. The summed E-state index contributed by atoms with van der Waals surface area (Å²) in [5, 5.41) is 0.740. The zero-order valence-corrected chi connectivity index (χ0v) is 12.1. The molecule has 2 heterocycles. The van der Waals surface area contributed by atoms with Crippen molar-refractivity contribution in [1.82, 2.24) is 4.90 Å². The summed E-state index contributed by atoms with van der Waals surface area (Å²) in [6, 6.07) is 8.38. The van der Waals surface area contributed by atoms with Gasteiger partial charge in [0, 0.05) is 23.3 Å². The number of anilines is 1. The number of likely N-dealkylation sites (tertiary alicyclic amines) is 1. The van der Waals surface area contributed by atoms with Gasteiger partial charge in [-0.25, -0.2) is 0 Å². The molecular weight excluding hydrogens is 260 g/mol. The molecule has 0 amide bonds. The van der Waals surface area contributed by atoms with Crippen molar-refractivity contribution in [3.05, 3.63) is 29.3 Å². The smallest absolute Gasteiger partial charge is 0.196 e. The van der Waals surface area contributed by atoms with E-state index >= 15 is 0 Å². The Kier molecular flexibility index (Phi) is 2.95. The van der Waals surface area contributed by atoms with Gasteiger partial charge in [0.25, 0.3) is 0 Å². The molecule has 0 bridgehead atoms. The summed E-state index contributed by atoms with van der Waals surface area (Å²) < 4.78 is 0. The van der Waals surface area contributed by atoms with Crippen molar-refractivity contribution < 1.29 is 0 Å². The first-order valence-electron chi connectivity index (χ1n) is 6.58. The van der Waals surface area contributed by atoms with Gasteiger partial charge in [0.15, 0.2) is 5.96 Å². The largest absolute Gasteiger partial charge is 0.369 e. The first kappa shape index (κ1) is 12.8. The van der Waals surface area contributed by atoms with Gasteiger partial charge < -0.3 is 15.5 Å². The Balaban J connectivity index is 1.97. The molecule has 1 aromatic rings. The number of nitrogens with two attached hydrogens (primary N) is 1. The number of halogens is 1. The average molecular weight is 279 g/mol. The van der Waals surface area contributed by atoms with E-state index in [1.807, 2.05) is 24.3 Å². The van der Waals surface area contributed by atoms with Crippen LogP contribution in [0.25, 0.3) is 0 Å². The fourth-order valence-electron chi connectivity index (χ4n) is 3.28. The van der Waals surface area contributed by atoms with Crippen molar-refractivity contribution in [2.45, 2.75) is 24.9 Å². The van der Waals surface area contributed by atoms with Crippen LogP contribution < -0.4 is 10.6 Å². The Morgan fingerprint density at radius 1 is 1.37 bits per heavy atom. The molecule has 1 aromatic carbocycles. The summed E-state index contributed by atoms with van der Waals surface area (Å²) in [4.78, 5) is 9.04. The fourth-order valence-corrected chi connectivity index (χ4v) is 3.40. The zero-order valence-electron chi connectivity index (χ0n) is 11.3. The predicted octanol–water partition coefficient (Wildman–Crippen LogP) is 1.94. The molecule has 0 aromatic heterocycles. The van der Waals surface area contributed by atoms with E-state index in [1.54, 1.807) is 0 Å². The third kappa shape index (κ3) is 1.99. The first-order valence-corrected chi connectivity index (χ1v) is 6.96. The van der Waals surface area contributed by atoms with Crippen LogP contribution in [-0.4, -0.2) is 42.6 Å². The molecule has 2 N–H and O–H groups in total. The van der Waals surface area contributed by atoms with Crippen molar-refractivity contribution in [2.24, 2.45) is 10.7 Å². The lowest BCUT2D eigenvalue weighted by atomic mass is 9.94. The monoisotopic (exact) mass is 278 g/mol. The Morgan fingerprint density at radius 2 is 2.05 bits per heavy atom. The average Bonchev–Trinajstić information content (AvgIpc) is 2.82. The summed E-state index contributed by atoms with van der Waals surface area (Å²) in [5.74, 6) is 0.616. The lowest BCUT2D eigenvalue weighted by Gasteiger charge is -2.36. The van der Waals surface area contributed by atoms with Crippen molar-refractivity contribution in [1.29, 1.82) is 0 Å². The van der Waals surface area contributed by atoms with Crippen molar-refractivity contribution >= 4 is 23.2 Å². The van der Waals surface area contributed by atoms with Gasteiger partial charge in [-0.15, -0.1) is 0 Å². The van der Waals surface area contributed by atoms with Gasteiger partial charge in [0.1, 0.15) is 0 Å². The highest BCUT2D eigenvalue weighted by molar-refractivity contribution is 6.30. The fraction of sp³-hybridized carbons (Fsp3) is 0.500. The van der Waals surface area contributed by atoms with E-state index in [4.69, 9.17) is 17.3 Å². The Labute approximate surface area is 118 Å². The highest BCUT2D eigenvalue weighted by Crippen LogP contribution is 2.38. The van der Waals surface area contributed by atoms with Gasteiger partial charge in [-0.1, -0.05) is 11.6 Å². The summed E-state index contributed by atoms with van der Waals surface area (Å²) in [6.07, 6.45) is 1.08. The molecule has 1 fully saturated rings. The van der Waals surface area contributed by atoms with Crippen LogP contribution in [0.3, 0.4) is 0 Å². The zero-order chi connectivity index (χ0) is 13.6. The van der Waals surface area contributed by atoms with Crippen LogP contribution in [0.5, 0.6) is 0 Å². The molecule has 4 nitrogen and oxygen atoms in total. The van der Waals surface area contributed by atoms with Crippen LogP contribution in [-0.2, 0) is 0 Å². The number of rotatable bonds is 1. The third-order valence-electron chi connectivity index (χ3n) is 4.30. The normalized spacial score (nSPS) is 31.2. The van der Waals surface area contributed by atoms with E-state index in [-0.39, 0.29) is 5.54 Å². The van der Waals surface area contributed by atoms with Crippen LogP contribution in [0.1, 0.15) is 13.3 Å². The topological polar surface area (TPSA) is 44.9 Å². The number of aliphatic imine (C=N–C) groups is 1. The van der Waals surface area contributed by atoms with Gasteiger partial charge in [-0.2, -0.15) is 0 Å². The second kappa shape index (κ2) is 4.39. The van der Waals surface area contributed by atoms with Gasteiger partial charge in [-0.3, -0.25) is 4.99 Å². The maximum Gasteiger partial charge on any atom is 0.196 e. The van der Waals surface area contributed by atoms with Crippen LogP contribution in [0, 0.1) is 0 Å². The highest BCUT2D eigenvalue weighted by atomic mass is 35.5. The number of nitrogens with zero attached hydrogens (tertiary/aromatic N) is 3. The molecule has 3 rings (SSSR count). The maximum atomic E-state index is 6.12. The Bertz CT molecular complexity index is 501. The molecule has 0 saturated carbocycles. The Hall–Kier alpha value is -1.26. The summed E-state index contributed by atoms with van der Waals surface area (Å²) in [6.45, 7) is 4.01. The summed E-state index contributed by atoms with van der Waals surface area (Å²) in [5.41, 5.74) is 7.20. The van der Waals surface area contributed by atoms with E-state index in [1.165, 1.54) is 0 Å². The molecule has 0 radical (unpaired) electrons. The Morgan fingerprint density at radius 3 is 2.63 bits per heavy atom. The van der Waals surface area contributed by atoms with E-state index in [0.717, 1.165) is 30.2 Å². The SMILES string of the molecule is CC1CC2(CN=C(N)N2c2ccc(Cl)cc2)CN1C. The second-order valence-corrected chi connectivity index (χ2v) is 6.12. The van der Waals surface area contributed by atoms with Crippen molar-refractivity contribution in [2.75, 3.05) is 25.0 Å². The lowest BCUT2D eigenvalue weighted by molar-refractivity contribution is 0.322. The number of hydrogen-bond acceptors (Lipinski definition) is 4. The molecule has 1 saturated heterocycles. The van der Waals surface area contributed by atoms with Crippen molar-refractivity contribution in [3.63, 3.8) is 0 Å².